The van der Waals surface area contributed by atoms with E-state index in [-0.39, 0.29) is 18.2 Å². The molecular weight excluding hydrogens is 422 g/mol. The average molecular weight is 458 g/mol. The van der Waals surface area contributed by atoms with Crippen LogP contribution in [-0.2, 0) is 4.74 Å². The van der Waals surface area contributed by atoms with Gasteiger partial charge in [-0.15, -0.1) is 11.8 Å². The minimum Gasteiger partial charge on any atom is -0.444 e. The number of thioether (sulfide) groups is 1. The summed E-state index contributed by atoms with van der Waals surface area (Å²) < 4.78 is 7.39. The molecule has 32 heavy (non-hydrogen) atoms. The van der Waals surface area contributed by atoms with Crippen molar-refractivity contribution in [2.75, 3.05) is 11.6 Å². The maximum Gasteiger partial charge on any atom is 0.407 e. The van der Waals surface area contributed by atoms with Crippen LogP contribution < -0.4 is 10.6 Å². The molecule has 3 aliphatic carbocycles. The van der Waals surface area contributed by atoms with Gasteiger partial charge in [-0.1, -0.05) is 0 Å². The van der Waals surface area contributed by atoms with E-state index in [1.807, 2.05) is 31.5 Å². The minimum atomic E-state index is -0.478. The van der Waals surface area contributed by atoms with Gasteiger partial charge < -0.3 is 15.4 Å². The molecule has 3 fully saturated rings. The lowest BCUT2D eigenvalue weighted by Gasteiger charge is -2.22. The summed E-state index contributed by atoms with van der Waals surface area (Å²) >= 11 is 1.70. The molecule has 2 N–H and O–H groups in total. The number of aromatic nitrogens is 3. The van der Waals surface area contributed by atoms with Crippen LogP contribution in [-0.4, -0.2) is 44.6 Å². The molecule has 2 atom stereocenters. The largest absolute Gasteiger partial charge is 0.444 e. The van der Waals surface area contributed by atoms with Crippen LogP contribution in [0.4, 0.5) is 10.6 Å². The zero-order chi connectivity index (χ0) is 22.5. The molecule has 3 aliphatic rings. The highest BCUT2D eigenvalue weighted by Crippen LogP contribution is 2.54. The Morgan fingerprint density at radius 3 is 2.47 bits per heavy atom. The van der Waals surface area contributed by atoms with Gasteiger partial charge in [-0.25, -0.2) is 9.78 Å². The number of hydrogen-bond donors (Lipinski definition) is 2. The van der Waals surface area contributed by atoms with E-state index < -0.39 is 5.60 Å². The Bertz CT molecular complexity index is 980. The van der Waals surface area contributed by atoms with Crippen LogP contribution in [0.1, 0.15) is 77.3 Å². The van der Waals surface area contributed by atoms with Crippen molar-refractivity contribution in [1.82, 2.24) is 19.9 Å². The Morgan fingerprint density at radius 1 is 1.16 bits per heavy atom. The van der Waals surface area contributed by atoms with Gasteiger partial charge in [0, 0.05) is 24.1 Å². The van der Waals surface area contributed by atoms with Crippen LogP contribution in [0.5, 0.6) is 0 Å². The number of nitrogens with one attached hydrogen (secondary N) is 2. The predicted octanol–water partition coefficient (Wildman–Crippen LogP) is 5.21. The second-order valence-corrected chi connectivity index (χ2v) is 11.6. The van der Waals surface area contributed by atoms with Crippen molar-refractivity contribution < 1.29 is 9.53 Å². The highest BCUT2D eigenvalue weighted by Gasteiger charge is 2.43. The summed E-state index contributed by atoms with van der Waals surface area (Å²) in [4.78, 5) is 18.4. The Kier molecular flexibility index (Phi) is 5.76. The number of hydrogen-bond acceptors (Lipinski definition) is 6. The Labute approximate surface area is 194 Å². The van der Waals surface area contributed by atoms with Gasteiger partial charge >= 0.3 is 6.09 Å². The first-order chi connectivity index (χ1) is 15.3. The number of anilines is 1. The molecule has 0 saturated heterocycles. The second kappa shape index (κ2) is 8.43. The second-order valence-electron chi connectivity index (χ2n) is 10.7. The third kappa shape index (κ3) is 4.85. The van der Waals surface area contributed by atoms with Crippen LogP contribution in [0.2, 0.25) is 0 Å². The summed E-state index contributed by atoms with van der Waals surface area (Å²) in [6.07, 6.45) is 11.9. The van der Waals surface area contributed by atoms with Gasteiger partial charge in [0.15, 0.2) is 5.65 Å². The molecule has 7 nitrogen and oxygen atoms in total. The van der Waals surface area contributed by atoms with Gasteiger partial charge in [-0.2, -0.15) is 9.61 Å². The van der Waals surface area contributed by atoms with Gasteiger partial charge in [-0.3, -0.25) is 0 Å². The number of carbonyl (C=O) groups is 1. The van der Waals surface area contributed by atoms with Crippen LogP contribution >= 0.6 is 11.8 Å². The lowest BCUT2D eigenvalue weighted by atomic mass is 9.93. The molecule has 8 heteroatoms. The monoisotopic (exact) mass is 457 g/mol. The summed E-state index contributed by atoms with van der Waals surface area (Å²) in [5.41, 5.74) is 1.72. The smallest absolute Gasteiger partial charge is 0.407 e. The summed E-state index contributed by atoms with van der Waals surface area (Å²) in [6.45, 7) is 5.67. The minimum absolute atomic E-state index is 0.129. The van der Waals surface area contributed by atoms with Crippen LogP contribution in [0.15, 0.2) is 17.2 Å². The van der Waals surface area contributed by atoms with E-state index in [1.165, 1.54) is 31.4 Å². The standard InChI is InChI=1S/C24H35N5O2S/c1-24(2,3)31-23(30)27-17-10-9-16(11-17)26-20-12-18(21(14-5-6-14)15-7-8-15)28-22-19(32-4)13-25-29(20)22/h12-17,21,26H,5-11H2,1-4H3,(H,27,30)/t16-,17-/m0/s1. The lowest BCUT2D eigenvalue weighted by Crippen LogP contribution is -2.38. The molecule has 2 aromatic heterocycles. The van der Waals surface area contributed by atoms with Crippen molar-refractivity contribution in [3.8, 4) is 0 Å². The number of nitrogens with zero attached hydrogens (tertiary/aromatic N) is 3. The SMILES string of the molecule is CSc1cnn2c(N[C@H]3CC[C@H](NC(=O)OC(C)(C)C)C3)cc(C(C3CC3)C3CC3)nc12. The van der Waals surface area contributed by atoms with Crippen molar-refractivity contribution in [3.05, 3.63) is 18.0 Å². The molecule has 0 radical (unpaired) electrons. The highest BCUT2D eigenvalue weighted by molar-refractivity contribution is 7.98. The number of carbonyl (C=O) groups excluding carboxylic acids is 1. The van der Waals surface area contributed by atoms with Crippen LogP contribution in [0, 0.1) is 11.8 Å². The van der Waals surface area contributed by atoms with Crippen molar-refractivity contribution in [3.63, 3.8) is 0 Å². The Balaban J connectivity index is 1.34. The third-order valence-corrected chi connectivity index (χ3v) is 7.51. The van der Waals surface area contributed by atoms with E-state index in [0.717, 1.165) is 47.5 Å². The van der Waals surface area contributed by atoms with Gasteiger partial charge in [0.05, 0.1) is 16.8 Å². The summed E-state index contributed by atoms with van der Waals surface area (Å²) in [5.74, 6) is 3.23. The topological polar surface area (TPSA) is 80.5 Å². The van der Waals surface area contributed by atoms with Crippen molar-refractivity contribution in [1.29, 1.82) is 0 Å². The summed E-state index contributed by atoms with van der Waals surface area (Å²) in [7, 11) is 0. The van der Waals surface area contributed by atoms with E-state index in [2.05, 4.69) is 28.1 Å². The van der Waals surface area contributed by atoms with E-state index in [4.69, 9.17) is 9.72 Å². The zero-order valence-electron chi connectivity index (χ0n) is 19.6. The van der Waals surface area contributed by atoms with Crippen molar-refractivity contribution >= 4 is 29.3 Å². The van der Waals surface area contributed by atoms with Gasteiger partial charge in [0.2, 0.25) is 0 Å². The number of fused-ring (bicyclic) bond motifs is 1. The molecular formula is C24H35N5O2S. The molecule has 0 bridgehead atoms. The molecule has 0 aromatic carbocycles. The molecule has 2 heterocycles. The zero-order valence-corrected chi connectivity index (χ0v) is 20.4. The van der Waals surface area contributed by atoms with E-state index >= 15 is 0 Å². The van der Waals surface area contributed by atoms with E-state index in [9.17, 15) is 4.79 Å². The normalized spacial score (nSPS) is 23.7. The maximum absolute atomic E-state index is 12.2. The molecule has 174 valence electrons. The number of rotatable bonds is 7. The Morgan fingerprint density at radius 2 is 1.84 bits per heavy atom. The maximum atomic E-state index is 12.2. The van der Waals surface area contributed by atoms with Gasteiger partial charge in [-0.05, 0) is 83.8 Å². The molecule has 0 spiro atoms. The predicted molar refractivity (Wildman–Crippen MR) is 127 cm³/mol. The summed E-state index contributed by atoms with van der Waals surface area (Å²) in [6, 6.07) is 2.67. The fourth-order valence-electron chi connectivity index (χ4n) is 5.08. The molecule has 0 unspecified atom stereocenters. The van der Waals surface area contributed by atoms with Crippen molar-refractivity contribution in [2.45, 2.75) is 94.2 Å². The fourth-order valence-corrected chi connectivity index (χ4v) is 5.55. The Hall–Kier alpha value is -1.96. The third-order valence-electron chi connectivity index (χ3n) is 6.79. The van der Waals surface area contributed by atoms with Gasteiger partial charge in [0.1, 0.15) is 11.4 Å². The lowest BCUT2D eigenvalue weighted by molar-refractivity contribution is 0.0505. The molecule has 3 saturated carbocycles. The first-order valence-corrected chi connectivity index (χ1v) is 13.2. The molecule has 2 aromatic rings. The fraction of sp³-hybridized carbons (Fsp3) is 0.708. The van der Waals surface area contributed by atoms with Crippen LogP contribution in [0.3, 0.4) is 0 Å². The summed E-state index contributed by atoms with van der Waals surface area (Å²) in [5, 5.41) is 11.4. The van der Waals surface area contributed by atoms with E-state index in [0.29, 0.717) is 5.92 Å². The van der Waals surface area contributed by atoms with E-state index in [1.54, 1.807) is 11.8 Å². The van der Waals surface area contributed by atoms with Crippen LogP contribution in [0.25, 0.3) is 5.65 Å². The molecule has 1 amide bonds. The van der Waals surface area contributed by atoms with Crippen molar-refractivity contribution in [2.24, 2.45) is 11.8 Å². The molecule has 0 aliphatic heterocycles. The highest BCUT2D eigenvalue weighted by atomic mass is 32.2. The van der Waals surface area contributed by atoms with Gasteiger partial charge in [0.25, 0.3) is 0 Å². The number of ether oxygens (including phenoxy) is 1. The number of alkyl carbamates (subject to hydrolysis) is 1. The first kappa shape index (κ1) is 21.9. The average Bonchev–Trinajstić information content (AvgIpc) is 3.63. The molecule has 5 rings (SSSR count). The number of amides is 1. The first-order valence-electron chi connectivity index (χ1n) is 12.0. The quantitative estimate of drug-likeness (QED) is 0.556.